The molecule has 0 aliphatic carbocycles. The predicted octanol–water partition coefficient (Wildman–Crippen LogP) is 2.68. The summed E-state index contributed by atoms with van der Waals surface area (Å²) >= 11 is -0.313. The molecule has 0 unspecified atom stereocenters. The van der Waals surface area contributed by atoms with Crippen molar-refractivity contribution in [2.24, 2.45) is 0 Å². The summed E-state index contributed by atoms with van der Waals surface area (Å²) in [6.45, 7) is 6.66. The molecule has 2 heterocycles. The number of pyridine rings is 1. The summed E-state index contributed by atoms with van der Waals surface area (Å²) in [4.78, 5) is 21.5. The first-order valence-corrected chi connectivity index (χ1v) is 13.0. The molecule has 2 radical (unpaired) electrons. The third-order valence-electron chi connectivity index (χ3n) is 4.53. The average Bonchev–Trinajstić information content (AvgIpc) is 2.67. The van der Waals surface area contributed by atoms with Crippen molar-refractivity contribution in [1.82, 2.24) is 14.8 Å². The van der Waals surface area contributed by atoms with E-state index in [4.69, 9.17) is 0 Å². The molecule has 0 spiro atoms. The maximum absolute atomic E-state index is 12.8. The Bertz CT molecular complexity index is 684. The summed E-state index contributed by atoms with van der Waals surface area (Å²) in [5, 5.41) is 0. The summed E-state index contributed by atoms with van der Waals surface area (Å²) in [7, 11) is 0. The average molecular weight is 442 g/mol. The normalized spacial score (nSPS) is 15.3. The molecule has 1 aliphatic heterocycles. The van der Waals surface area contributed by atoms with Crippen LogP contribution in [-0.2, 0) is 11.0 Å². The number of hydrogen-bond donors (Lipinski definition) is 0. The van der Waals surface area contributed by atoms with Gasteiger partial charge in [-0.25, -0.2) is 0 Å². The van der Waals surface area contributed by atoms with Gasteiger partial charge in [0.25, 0.3) is 0 Å². The zero-order chi connectivity index (χ0) is 17.5. The Labute approximate surface area is 160 Å². The minimum absolute atomic E-state index is 0.135. The van der Waals surface area contributed by atoms with Gasteiger partial charge in [0.05, 0.1) is 0 Å². The van der Waals surface area contributed by atoms with Gasteiger partial charge in [0.1, 0.15) is 0 Å². The molecular weight excluding hydrogens is 417 g/mol. The topological polar surface area (TPSA) is 36.4 Å². The molecule has 1 fully saturated rings. The molecule has 1 aromatic carbocycles. The standard InChI is InChI=1S/C18H20N3O.C2H5.Sn/c1-15-11-17(13-19-12-15)18(22)21-9-7-20(8-10-21)14-16-5-3-2-4-6-16;1-2;/h2-6,11-13H,1,7-10,14H2;1H2,2H3;. The third kappa shape index (κ3) is 5.28. The number of benzene rings is 1. The van der Waals surface area contributed by atoms with Crippen molar-refractivity contribution < 1.29 is 4.79 Å². The second-order valence-corrected chi connectivity index (χ2v) is 10.9. The summed E-state index contributed by atoms with van der Waals surface area (Å²) in [5.41, 5.74) is 3.33. The fraction of sp³-hybridized carbons (Fsp3) is 0.400. The molecule has 2 aromatic rings. The zero-order valence-electron chi connectivity index (χ0n) is 14.8. The van der Waals surface area contributed by atoms with Crippen molar-refractivity contribution in [3.05, 3.63) is 65.5 Å². The third-order valence-corrected chi connectivity index (χ3v) is 7.84. The van der Waals surface area contributed by atoms with Crippen molar-refractivity contribution >= 4 is 27.0 Å². The number of carbonyl (C=O) groups excluding carboxylic acids is 1. The van der Waals surface area contributed by atoms with Crippen molar-refractivity contribution in [1.29, 1.82) is 0 Å². The first-order valence-electron chi connectivity index (χ1n) is 8.96. The van der Waals surface area contributed by atoms with Crippen LogP contribution in [0.1, 0.15) is 28.4 Å². The van der Waals surface area contributed by atoms with Crippen LogP contribution in [0.3, 0.4) is 0 Å². The van der Waals surface area contributed by atoms with Crippen LogP contribution in [0, 0.1) is 0 Å². The van der Waals surface area contributed by atoms with E-state index in [0.29, 0.717) is 0 Å². The fourth-order valence-corrected chi connectivity index (χ4v) is 5.19. The number of amides is 1. The van der Waals surface area contributed by atoms with Gasteiger partial charge in [0, 0.05) is 0 Å². The van der Waals surface area contributed by atoms with Crippen LogP contribution >= 0.6 is 0 Å². The van der Waals surface area contributed by atoms with Crippen LogP contribution in [0.2, 0.25) is 4.44 Å². The SMILES string of the molecule is C[CH2][Sn][CH2]c1cncc(C(=O)N2CCN(Cc3ccccc3)CC2)c1. The summed E-state index contributed by atoms with van der Waals surface area (Å²) in [6, 6.07) is 12.6. The van der Waals surface area contributed by atoms with E-state index < -0.39 is 0 Å². The van der Waals surface area contributed by atoms with Crippen molar-refractivity contribution in [3.8, 4) is 0 Å². The van der Waals surface area contributed by atoms with Crippen LogP contribution in [-0.4, -0.2) is 68.0 Å². The molecule has 0 bridgehead atoms. The Hall–Kier alpha value is -1.40. The molecule has 1 aromatic heterocycles. The van der Waals surface area contributed by atoms with Gasteiger partial charge < -0.3 is 0 Å². The first-order chi connectivity index (χ1) is 12.3. The molecule has 1 saturated heterocycles. The maximum atomic E-state index is 12.8. The van der Waals surface area contributed by atoms with Crippen LogP contribution in [0.25, 0.3) is 0 Å². The van der Waals surface area contributed by atoms with E-state index in [2.05, 4.69) is 47.1 Å². The number of piperazine rings is 1. The molecule has 1 amide bonds. The van der Waals surface area contributed by atoms with Gasteiger partial charge in [-0.1, -0.05) is 18.2 Å². The Morgan fingerprint density at radius 3 is 2.56 bits per heavy atom. The Balaban J connectivity index is 1.54. The van der Waals surface area contributed by atoms with Gasteiger partial charge >= 0.3 is 142 Å². The summed E-state index contributed by atoms with van der Waals surface area (Å²) < 4.78 is 2.49. The fourth-order valence-electron chi connectivity index (χ4n) is 3.10. The van der Waals surface area contributed by atoms with E-state index in [9.17, 15) is 4.79 Å². The van der Waals surface area contributed by atoms with Gasteiger partial charge in [-0.3, -0.25) is 0 Å². The van der Waals surface area contributed by atoms with Gasteiger partial charge in [-0.05, 0) is 0 Å². The number of rotatable bonds is 6. The van der Waals surface area contributed by atoms with E-state index in [0.717, 1.165) is 38.3 Å². The summed E-state index contributed by atoms with van der Waals surface area (Å²) in [6.07, 6.45) is 3.64. The number of aromatic nitrogens is 1. The first kappa shape index (κ1) is 18.4. The quantitative estimate of drug-likeness (QED) is 0.646. The van der Waals surface area contributed by atoms with Crippen molar-refractivity contribution in [3.63, 3.8) is 0 Å². The molecule has 1 aliphatic rings. The minimum atomic E-state index is -0.313. The monoisotopic (exact) mass is 443 g/mol. The van der Waals surface area contributed by atoms with Crippen molar-refractivity contribution in [2.45, 2.75) is 22.3 Å². The van der Waals surface area contributed by atoms with Crippen LogP contribution < -0.4 is 0 Å². The van der Waals surface area contributed by atoms with E-state index >= 15 is 0 Å². The van der Waals surface area contributed by atoms with E-state index in [-0.39, 0.29) is 27.0 Å². The molecular formula is C20H25N3OSn. The molecule has 0 saturated carbocycles. The van der Waals surface area contributed by atoms with Crippen LogP contribution in [0.5, 0.6) is 0 Å². The van der Waals surface area contributed by atoms with Gasteiger partial charge in [-0.15, -0.1) is 0 Å². The predicted molar refractivity (Wildman–Crippen MR) is 102 cm³/mol. The van der Waals surface area contributed by atoms with E-state index in [1.807, 2.05) is 17.2 Å². The Morgan fingerprint density at radius 1 is 1.08 bits per heavy atom. The van der Waals surface area contributed by atoms with Gasteiger partial charge in [0.2, 0.25) is 0 Å². The second-order valence-electron chi connectivity index (χ2n) is 6.42. The van der Waals surface area contributed by atoms with Crippen LogP contribution in [0.15, 0.2) is 48.8 Å². The number of carbonyl (C=O) groups is 1. The molecule has 0 N–H and O–H groups in total. The van der Waals surface area contributed by atoms with Gasteiger partial charge in [0.15, 0.2) is 0 Å². The number of nitrogens with zero attached hydrogens (tertiary/aromatic N) is 3. The molecule has 3 rings (SSSR count). The Kier molecular flexibility index (Phi) is 6.87. The molecule has 4 nitrogen and oxygen atoms in total. The molecule has 5 heteroatoms. The van der Waals surface area contributed by atoms with Crippen LogP contribution in [0.4, 0.5) is 0 Å². The molecule has 130 valence electrons. The van der Waals surface area contributed by atoms with Crippen molar-refractivity contribution in [2.75, 3.05) is 26.2 Å². The zero-order valence-corrected chi connectivity index (χ0v) is 17.7. The Morgan fingerprint density at radius 2 is 1.84 bits per heavy atom. The second kappa shape index (κ2) is 9.34. The molecule has 25 heavy (non-hydrogen) atoms. The van der Waals surface area contributed by atoms with Gasteiger partial charge in [-0.2, -0.15) is 0 Å². The number of hydrogen-bond acceptors (Lipinski definition) is 3. The molecule has 0 atom stereocenters. The van der Waals surface area contributed by atoms with E-state index in [1.165, 1.54) is 20.0 Å². The van der Waals surface area contributed by atoms with E-state index in [1.54, 1.807) is 6.20 Å². The summed E-state index contributed by atoms with van der Waals surface area (Å²) in [5.74, 6) is 0.135.